The second-order valence-electron chi connectivity index (χ2n) is 3.85. The number of hydrogen-bond acceptors (Lipinski definition) is 3. The quantitative estimate of drug-likeness (QED) is 0.853. The molecule has 0 aromatic heterocycles. The first-order valence-electron chi connectivity index (χ1n) is 5.71. The molecule has 1 rings (SSSR count). The Balaban J connectivity index is 2.71. The van der Waals surface area contributed by atoms with Crippen molar-refractivity contribution in [1.82, 2.24) is 5.32 Å². The minimum Gasteiger partial charge on any atom is -0.497 e. The molecule has 0 aliphatic rings. The summed E-state index contributed by atoms with van der Waals surface area (Å²) in [6.45, 7) is 3.83. The van der Waals surface area contributed by atoms with E-state index in [-0.39, 0.29) is 11.8 Å². The number of nitrogens with zero attached hydrogens (tertiary/aromatic N) is 1. The van der Waals surface area contributed by atoms with Crippen molar-refractivity contribution < 1.29 is 14.3 Å². The van der Waals surface area contributed by atoms with Crippen LogP contribution in [0.3, 0.4) is 0 Å². The average molecular weight is 250 g/mol. The molecule has 0 fully saturated rings. The maximum atomic E-state index is 11.6. The van der Waals surface area contributed by atoms with Gasteiger partial charge in [-0.2, -0.15) is 0 Å². The lowest BCUT2D eigenvalue weighted by atomic mass is 10.2. The Kier molecular flexibility index (Phi) is 5.17. The molecular weight excluding hydrogens is 232 g/mol. The topological polar surface area (TPSA) is 58.6 Å². The van der Waals surface area contributed by atoms with E-state index < -0.39 is 0 Å². The number of rotatable bonds is 5. The minimum absolute atomic E-state index is 0.0643. The summed E-state index contributed by atoms with van der Waals surface area (Å²) in [4.78, 5) is 23.9. The molecule has 0 aliphatic carbocycles. The number of methoxy groups -OCH3 is 1. The number of amides is 2. The molecule has 0 radical (unpaired) electrons. The molecule has 1 aromatic carbocycles. The van der Waals surface area contributed by atoms with E-state index in [1.165, 1.54) is 13.8 Å². The molecule has 5 heteroatoms. The van der Waals surface area contributed by atoms with E-state index in [0.29, 0.717) is 13.1 Å². The van der Waals surface area contributed by atoms with Gasteiger partial charge in [0.05, 0.1) is 7.11 Å². The largest absolute Gasteiger partial charge is 0.497 e. The summed E-state index contributed by atoms with van der Waals surface area (Å²) in [5.74, 6) is 0.572. The van der Waals surface area contributed by atoms with Crippen LogP contribution in [0.4, 0.5) is 5.69 Å². The maximum Gasteiger partial charge on any atom is 0.223 e. The molecule has 0 heterocycles. The molecule has 0 saturated carbocycles. The molecule has 0 aliphatic heterocycles. The molecule has 2 amide bonds. The van der Waals surface area contributed by atoms with Crippen LogP contribution in [-0.2, 0) is 9.59 Å². The first kappa shape index (κ1) is 14.0. The van der Waals surface area contributed by atoms with Crippen LogP contribution in [0, 0.1) is 0 Å². The molecule has 0 spiro atoms. The minimum atomic E-state index is -0.103. The van der Waals surface area contributed by atoms with Crippen molar-refractivity contribution in [1.29, 1.82) is 0 Å². The highest BCUT2D eigenvalue weighted by molar-refractivity contribution is 5.91. The van der Waals surface area contributed by atoms with Crippen molar-refractivity contribution >= 4 is 17.5 Å². The molecule has 1 N–H and O–H groups in total. The number of carbonyl (C=O) groups excluding carboxylic acids is 2. The predicted octanol–water partition coefficient (Wildman–Crippen LogP) is 1.18. The number of hydrogen-bond donors (Lipinski definition) is 1. The zero-order chi connectivity index (χ0) is 13.5. The molecular formula is C13H18N2O3. The van der Waals surface area contributed by atoms with Crippen LogP contribution < -0.4 is 15.0 Å². The summed E-state index contributed by atoms with van der Waals surface area (Å²) < 4.78 is 5.06. The van der Waals surface area contributed by atoms with E-state index in [1.54, 1.807) is 24.1 Å². The van der Waals surface area contributed by atoms with Crippen LogP contribution in [0.25, 0.3) is 0 Å². The summed E-state index contributed by atoms with van der Waals surface area (Å²) in [6, 6.07) is 7.22. The number of carbonyl (C=O) groups is 2. The maximum absolute atomic E-state index is 11.6. The van der Waals surface area contributed by atoms with Gasteiger partial charge in [-0.25, -0.2) is 0 Å². The zero-order valence-corrected chi connectivity index (χ0v) is 10.9. The monoisotopic (exact) mass is 250 g/mol. The van der Waals surface area contributed by atoms with E-state index in [4.69, 9.17) is 4.74 Å². The lowest BCUT2D eigenvalue weighted by molar-refractivity contribution is -0.119. The first-order valence-corrected chi connectivity index (χ1v) is 5.71. The van der Waals surface area contributed by atoms with Crippen molar-refractivity contribution in [3.8, 4) is 5.75 Å². The smallest absolute Gasteiger partial charge is 0.223 e. The van der Waals surface area contributed by atoms with Crippen molar-refractivity contribution in [2.24, 2.45) is 0 Å². The summed E-state index contributed by atoms with van der Waals surface area (Å²) >= 11 is 0. The average Bonchev–Trinajstić information content (AvgIpc) is 2.34. The number of benzene rings is 1. The van der Waals surface area contributed by atoms with Gasteiger partial charge in [-0.1, -0.05) is 0 Å². The van der Waals surface area contributed by atoms with Gasteiger partial charge < -0.3 is 15.0 Å². The molecule has 18 heavy (non-hydrogen) atoms. The van der Waals surface area contributed by atoms with E-state index in [1.807, 2.05) is 12.1 Å². The Morgan fingerprint density at radius 3 is 2.28 bits per heavy atom. The molecule has 0 bridgehead atoms. The lowest BCUT2D eigenvalue weighted by Crippen LogP contribution is -2.36. The third kappa shape index (κ3) is 4.08. The molecule has 0 atom stereocenters. The molecule has 1 aromatic rings. The Morgan fingerprint density at radius 1 is 1.22 bits per heavy atom. The zero-order valence-electron chi connectivity index (χ0n) is 10.9. The van der Waals surface area contributed by atoms with Crippen LogP contribution in [0.5, 0.6) is 5.75 Å². The van der Waals surface area contributed by atoms with Gasteiger partial charge in [0.15, 0.2) is 0 Å². The van der Waals surface area contributed by atoms with E-state index >= 15 is 0 Å². The highest BCUT2D eigenvalue weighted by Crippen LogP contribution is 2.19. The van der Waals surface area contributed by atoms with E-state index in [0.717, 1.165) is 11.4 Å². The highest BCUT2D eigenvalue weighted by atomic mass is 16.5. The van der Waals surface area contributed by atoms with Gasteiger partial charge in [0, 0.05) is 32.6 Å². The fraction of sp³-hybridized carbons (Fsp3) is 0.385. The van der Waals surface area contributed by atoms with Crippen molar-refractivity contribution in [2.75, 3.05) is 25.1 Å². The fourth-order valence-corrected chi connectivity index (χ4v) is 1.57. The van der Waals surface area contributed by atoms with Gasteiger partial charge in [-0.15, -0.1) is 0 Å². The highest BCUT2D eigenvalue weighted by Gasteiger charge is 2.11. The summed E-state index contributed by atoms with van der Waals surface area (Å²) in [5, 5.41) is 2.67. The first-order chi connectivity index (χ1) is 8.54. The van der Waals surface area contributed by atoms with Crippen LogP contribution in [0.1, 0.15) is 13.8 Å². The third-order valence-corrected chi connectivity index (χ3v) is 2.47. The van der Waals surface area contributed by atoms with Crippen LogP contribution in [0.2, 0.25) is 0 Å². The molecule has 98 valence electrons. The molecule has 5 nitrogen and oxygen atoms in total. The van der Waals surface area contributed by atoms with Crippen molar-refractivity contribution in [3.63, 3.8) is 0 Å². The Hall–Kier alpha value is -2.04. The van der Waals surface area contributed by atoms with Gasteiger partial charge >= 0.3 is 0 Å². The van der Waals surface area contributed by atoms with Crippen LogP contribution in [-0.4, -0.2) is 32.0 Å². The van der Waals surface area contributed by atoms with Gasteiger partial charge in [-0.05, 0) is 24.3 Å². The predicted molar refractivity (Wildman–Crippen MR) is 69.7 cm³/mol. The van der Waals surface area contributed by atoms with Crippen molar-refractivity contribution in [2.45, 2.75) is 13.8 Å². The van der Waals surface area contributed by atoms with E-state index in [2.05, 4.69) is 5.32 Å². The normalized spacial score (nSPS) is 9.72. The summed E-state index contributed by atoms with van der Waals surface area (Å²) in [7, 11) is 1.59. The number of anilines is 1. The van der Waals surface area contributed by atoms with Crippen molar-refractivity contribution in [3.05, 3.63) is 24.3 Å². The van der Waals surface area contributed by atoms with Gasteiger partial charge in [0.25, 0.3) is 0 Å². The van der Waals surface area contributed by atoms with Crippen LogP contribution in [0.15, 0.2) is 24.3 Å². The Morgan fingerprint density at radius 2 is 1.83 bits per heavy atom. The van der Waals surface area contributed by atoms with Gasteiger partial charge in [-0.3, -0.25) is 9.59 Å². The van der Waals surface area contributed by atoms with Gasteiger partial charge in [0.1, 0.15) is 5.75 Å². The Bertz CT molecular complexity index is 415. The molecule has 0 unspecified atom stereocenters. The summed E-state index contributed by atoms with van der Waals surface area (Å²) in [5.41, 5.74) is 0.786. The fourth-order valence-electron chi connectivity index (χ4n) is 1.57. The second-order valence-corrected chi connectivity index (χ2v) is 3.85. The molecule has 0 saturated heterocycles. The lowest BCUT2D eigenvalue weighted by Gasteiger charge is -2.21. The number of ether oxygens (including phenoxy) is 1. The Labute approximate surface area is 107 Å². The van der Waals surface area contributed by atoms with Gasteiger partial charge in [0.2, 0.25) is 11.8 Å². The SMILES string of the molecule is COc1ccc(N(CCNC(C)=O)C(C)=O)cc1. The standard InChI is InChI=1S/C13H18N2O3/c1-10(16)14-8-9-15(11(2)17)12-4-6-13(18-3)7-5-12/h4-7H,8-9H2,1-3H3,(H,14,16). The third-order valence-electron chi connectivity index (χ3n) is 2.47. The second kappa shape index (κ2) is 6.64. The van der Waals surface area contributed by atoms with E-state index in [9.17, 15) is 9.59 Å². The summed E-state index contributed by atoms with van der Waals surface area (Å²) in [6.07, 6.45) is 0. The van der Waals surface area contributed by atoms with Crippen LogP contribution >= 0.6 is 0 Å². The number of nitrogens with one attached hydrogen (secondary N) is 1.